The van der Waals surface area contributed by atoms with Crippen LogP contribution in [0, 0.1) is 31.3 Å². The van der Waals surface area contributed by atoms with Crippen LogP contribution in [0.2, 0.25) is 10.0 Å². The van der Waals surface area contributed by atoms with Gasteiger partial charge in [0.25, 0.3) is 16.7 Å². The van der Waals surface area contributed by atoms with E-state index >= 15 is 0 Å². The summed E-state index contributed by atoms with van der Waals surface area (Å²) in [6.07, 6.45) is 7.85. The maximum Gasteiger partial charge on any atom is 0.488 e. The number of phenols is 3. The van der Waals surface area contributed by atoms with Gasteiger partial charge in [0, 0.05) is 87.6 Å². The van der Waals surface area contributed by atoms with Crippen molar-refractivity contribution < 1.29 is 48.6 Å². The van der Waals surface area contributed by atoms with E-state index in [0.717, 1.165) is 56.8 Å². The summed E-state index contributed by atoms with van der Waals surface area (Å²) >= 11 is 16.2. The van der Waals surface area contributed by atoms with Crippen molar-refractivity contribution in [3.8, 4) is 67.7 Å². The summed E-state index contributed by atoms with van der Waals surface area (Å²) in [4.78, 5) is 74.8. The lowest BCUT2D eigenvalue weighted by atomic mass is 9.80. The van der Waals surface area contributed by atoms with Gasteiger partial charge in [0.15, 0.2) is 34.7 Å². The average Bonchev–Trinajstić information content (AvgIpc) is 0.743. The number of nitrogens with one attached hydrogen (secondary N) is 3. The van der Waals surface area contributed by atoms with Gasteiger partial charge in [-0.1, -0.05) is 138 Å². The minimum Gasteiger partial charge on any atom is -0.505 e. The molecule has 0 aliphatic rings. The Morgan fingerprint density at radius 3 is 1.13 bits per heavy atom. The van der Waals surface area contributed by atoms with Gasteiger partial charge in [0.05, 0.1) is 48.8 Å². The van der Waals surface area contributed by atoms with Crippen LogP contribution in [0.5, 0.6) is 17.2 Å². The van der Waals surface area contributed by atoms with Crippen molar-refractivity contribution >= 4 is 132 Å². The molecule has 16 N–H and O–H groups in total. The minimum absolute atomic E-state index is 0.0142. The van der Waals surface area contributed by atoms with Gasteiger partial charge in [-0.15, -0.1) is 0 Å². The number of hydrogen-bond acceptors (Lipinski definition) is 24. The normalized spacial score (nSPS) is 11.6. The molecule has 17 rings (SSSR count). The van der Waals surface area contributed by atoms with Gasteiger partial charge < -0.3 is 68.6 Å². The molecule has 0 bridgehead atoms. The van der Waals surface area contributed by atoms with Crippen molar-refractivity contribution in [3.05, 3.63) is 365 Å². The van der Waals surface area contributed by atoms with Gasteiger partial charge in [-0.05, 0) is 227 Å². The summed E-state index contributed by atoms with van der Waals surface area (Å²) in [7, 11) is -3.09. The molecule has 17 aromatic rings. The Labute approximate surface area is 748 Å². The number of hydrogen-bond donors (Lipinski definition) is 13. The molecular formula is C93H79B2BrCl2F3N17O10. The molecule has 0 fully saturated rings. The van der Waals surface area contributed by atoms with Crippen LogP contribution in [0.15, 0.2) is 292 Å². The van der Waals surface area contributed by atoms with E-state index in [1.54, 1.807) is 81.7 Å². The molecular weight excluding hydrogens is 1740 g/mol. The Balaban J connectivity index is 0.000000148. The number of fused-ring (bicyclic) bond motifs is 3. The predicted octanol–water partition coefficient (Wildman–Crippen LogP) is 15.4. The fourth-order valence-corrected chi connectivity index (χ4v) is 14.8. The molecule has 0 saturated carbocycles. The van der Waals surface area contributed by atoms with Crippen LogP contribution < -0.4 is 60.8 Å². The topological polar surface area (TPSA) is 425 Å². The van der Waals surface area contributed by atoms with Gasteiger partial charge in [-0.25, -0.2) is 28.1 Å². The summed E-state index contributed by atoms with van der Waals surface area (Å²) in [6.45, 7) is 9.46. The van der Waals surface area contributed by atoms with Crippen LogP contribution in [0.4, 0.5) is 48.5 Å². The summed E-state index contributed by atoms with van der Waals surface area (Å²) in [5.74, 6) is -2.36. The second-order valence-electron chi connectivity index (χ2n) is 29.0. The van der Waals surface area contributed by atoms with Gasteiger partial charge in [-0.3, -0.25) is 38.1 Å². The fourth-order valence-electron chi connectivity index (χ4n) is 14.0. The highest BCUT2D eigenvalue weighted by Gasteiger charge is 2.26. The van der Waals surface area contributed by atoms with Crippen molar-refractivity contribution in [3.63, 3.8) is 0 Å². The Bertz CT molecular complexity index is 7150. The number of aryl methyl sites for hydroxylation is 2. The predicted molar refractivity (Wildman–Crippen MR) is 501 cm³/mol. The summed E-state index contributed by atoms with van der Waals surface area (Å²) in [5.41, 5.74) is 26.9. The van der Waals surface area contributed by atoms with Crippen molar-refractivity contribution in [2.45, 2.75) is 52.7 Å². The molecule has 0 saturated heterocycles. The van der Waals surface area contributed by atoms with Crippen LogP contribution in [-0.2, 0) is 0 Å². The number of phenolic OH excluding ortho intramolecular Hbond substituents is 3. The molecule has 0 amide bonds. The lowest BCUT2D eigenvalue weighted by Crippen LogP contribution is -2.29. The lowest BCUT2D eigenvalue weighted by Gasteiger charge is -2.23. The minimum atomic E-state index is -1.70. The Kier molecular flexibility index (Phi) is 28.7. The molecule has 0 aliphatic heterocycles. The fraction of sp³-hybridized carbons (Fsp3) is 0.0860. The van der Waals surface area contributed by atoms with E-state index in [2.05, 4.69) is 71.8 Å². The monoisotopic (exact) mass is 1820 g/mol. The molecule has 128 heavy (non-hydrogen) atoms. The van der Waals surface area contributed by atoms with Crippen LogP contribution in [0.25, 0.3) is 82.8 Å². The number of aromatic nitrogens is 11. The quantitative estimate of drug-likeness (QED) is 0.0377. The first-order valence-corrected chi connectivity index (χ1v) is 40.8. The second-order valence-corrected chi connectivity index (χ2v) is 30.7. The maximum atomic E-state index is 14.4. The highest BCUT2D eigenvalue weighted by molar-refractivity contribution is 9.10. The molecule has 27 nitrogen and oxygen atoms in total. The van der Waals surface area contributed by atoms with Gasteiger partial charge in [0.1, 0.15) is 17.5 Å². The Morgan fingerprint density at radius 1 is 0.383 bits per heavy atom. The molecule has 8 aromatic heterocycles. The van der Waals surface area contributed by atoms with Crippen molar-refractivity contribution in [1.29, 1.82) is 0 Å². The molecule has 35 heteroatoms. The molecule has 0 aliphatic carbocycles. The van der Waals surface area contributed by atoms with Crippen molar-refractivity contribution in [2.75, 3.05) is 33.2 Å². The molecule has 0 unspecified atom stereocenters. The summed E-state index contributed by atoms with van der Waals surface area (Å²) < 4.78 is 46.4. The summed E-state index contributed by atoms with van der Waals surface area (Å²) in [5, 5.41) is 76.9. The smallest absolute Gasteiger partial charge is 0.488 e. The number of para-hydroxylation sites is 3. The van der Waals surface area contributed by atoms with E-state index in [0.29, 0.717) is 104 Å². The third-order valence-corrected chi connectivity index (χ3v) is 21.4. The summed E-state index contributed by atoms with van der Waals surface area (Å²) in [6, 6.07) is 67.7. The zero-order valence-corrected chi connectivity index (χ0v) is 71.7. The molecule has 9 aromatic carbocycles. The van der Waals surface area contributed by atoms with E-state index in [4.69, 9.17) is 65.6 Å². The Morgan fingerprint density at radius 2 is 0.734 bits per heavy atom. The number of pyridine rings is 5. The SMILES string of the molecule is C[C@H](Nc1nc(N)ncc1-c1ccc(O)c(F)c1)c1cc2cccc(Cl)c2c(=O)n1-c1ccccc1.C[C@H](Nc1nc(N)ncc1Br)c1cc2cccc(Cl)c2c(=O)n1-c1ccccc1.Cc1cc(-c2cccc3cc([C@H](C)Nc4nc(N)ncc4-c4ccc(O)c(F)c4)n(-c4ccccc4)c(=O)c23)ccn1.Cc1cc(B(O)O)ccn1.OB(O)c1ccc(O)c(F)c1. The van der Waals surface area contributed by atoms with E-state index < -0.39 is 61.0 Å². The van der Waals surface area contributed by atoms with E-state index in [9.17, 15) is 37.8 Å². The van der Waals surface area contributed by atoms with Crippen molar-refractivity contribution in [1.82, 2.24) is 53.6 Å². The van der Waals surface area contributed by atoms with Gasteiger partial charge >= 0.3 is 14.2 Å². The van der Waals surface area contributed by atoms with E-state index in [1.807, 2.05) is 185 Å². The van der Waals surface area contributed by atoms with Crippen LogP contribution >= 0.6 is 39.1 Å². The average molecular weight is 1820 g/mol. The molecule has 644 valence electrons. The van der Waals surface area contributed by atoms with Gasteiger partial charge in [-0.2, -0.15) is 15.0 Å². The largest absolute Gasteiger partial charge is 0.505 e. The first-order valence-electron chi connectivity index (χ1n) is 39.3. The first-order chi connectivity index (χ1) is 61.4. The highest BCUT2D eigenvalue weighted by atomic mass is 79.9. The van der Waals surface area contributed by atoms with Crippen LogP contribution in [-0.4, -0.2) is 103 Å². The Hall–Kier alpha value is -14.8. The van der Waals surface area contributed by atoms with E-state index in [1.165, 1.54) is 42.7 Å². The molecule has 0 radical (unpaired) electrons. The standard InChI is InChI=1S/C33H27FN6O2.C27H21ClFN5O2.C21H17BrClN5O.C6H6BFO3.C6H8BNO2/c1-19-15-22(13-14-36-19)25-10-6-7-23-17-28(40(32(42)30(23)25)24-8-4-3-5-9-24)20(2)38-31-26(18-37-33(35)39-31)21-11-12-29(41)27(34)16-21;1-15(32-25-19(14-31-27(30)33-25)16-10-11-23(35)21(29)12-16)22-13-17-6-5-9-20(28)24(17)26(36)34(22)18-7-3-2-4-8-18;1-12(26-19-15(22)11-25-21(24)27-19)17-10-13-6-5-9-16(23)18(13)20(29)28(17)14-7-3-2-4-8-14;8-5-3-4(7(10)11)1-2-6(5)9;1-5-4-6(7(9)10)2-3-8-5/h3-18,20,41H,1-2H3,(H3,35,37,38,39);2-15,35H,1H3,(H3,30,31,32,33);2-12H,1H3,(H3,24,25,26,27);1-3,9-11H;2-4,9-10H,1H3/t20-;15-;12-;;/m000../s1. The third-order valence-electron chi connectivity index (χ3n) is 20.1. The molecule has 3 atom stereocenters. The number of nitrogens with two attached hydrogens (primary N) is 3. The number of nitrogen functional groups attached to an aromatic ring is 3. The number of benzene rings is 9. The maximum absolute atomic E-state index is 14.4. The van der Waals surface area contributed by atoms with Crippen LogP contribution in [0.1, 0.15) is 67.4 Å². The zero-order chi connectivity index (χ0) is 91.3. The molecule has 0 spiro atoms. The van der Waals surface area contributed by atoms with Crippen LogP contribution in [0.3, 0.4) is 0 Å². The number of aromatic hydroxyl groups is 3. The lowest BCUT2D eigenvalue weighted by molar-refractivity contribution is 0.421. The second kappa shape index (κ2) is 40.4. The number of rotatable bonds is 17. The number of anilines is 6. The number of halogens is 6. The van der Waals surface area contributed by atoms with Crippen molar-refractivity contribution in [2.24, 2.45) is 0 Å². The van der Waals surface area contributed by atoms with E-state index in [-0.39, 0.29) is 46.0 Å². The first kappa shape index (κ1) is 90.9. The van der Waals surface area contributed by atoms with Gasteiger partial charge in [0.2, 0.25) is 17.8 Å². The highest BCUT2D eigenvalue weighted by Crippen LogP contribution is 2.38. The third kappa shape index (κ3) is 21.1. The molecule has 8 heterocycles. The zero-order valence-electron chi connectivity index (χ0n) is 68.6. The number of nitrogens with zero attached hydrogens (tertiary/aromatic N) is 11.